The van der Waals surface area contributed by atoms with Crippen molar-refractivity contribution in [2.24, 2.45) is 0 Å². The molecular formula is C48H30O6S2. The maximum absolute atomic E-state index is 13.6. The maximum atomic E-state index is 13.6. The van der Waals surface area contributed by atoms with Crippen LogP contribution in [0, 0.1) is 0 Å². The molecule has 0 radical (unpaired) electrons. The predicted octanol–water partition coefficient (Wildman–Crippen LogP) is 11.6. The number of ether oxygens (including phenoxy) is 2. The first-order chi connectivity index (χ1) is 26.8. The average molecular weight is 767 g/mol. The Balaban J connectivity index is 0.977. The van der Waals surface area contributed by atoms with Crippen molar-refractivity contribution in [3.8, 4) is 32.4 Å². The number of hydrogen-bond acceptors (Lipinski definition) is 8. The van der Waals surface area contributed by atoms with Gasteiger partial charge >= 0.3 is 0 Å². The van der Waals surface area contributed by atoms with Gasteiger partial charge < -0.3 is 9.47 Å². The second-order valence-electron chi connectivity index (χ2n) is 15.8. The van der Waals surface area contributed by atoms with Crippen molar-refractivity contribution in [1.29, 1.82) is 0 Å². The molecule has 2 aliphatic carbocycles. The number of Topliss-reactive ketones (excluding diaryl/α,β-unsaturated/α-hetero) is 4. The lowest BCUT2D eigenvalue weighted by Crippen LogP contribution is -2.32. The molecule has 4 heterocycles. The Kier molecular flexibility index (Phi) is 6.62. The fraction of sp³-hybridized carbons (Fsp3) is 0.125. The van der Waals surface area contributed by atoms with Gasteiger partial charge in [-0.2, -0.15) is 0 Å². The summed E-state index contributed by atoms with van der Waals surface area (Å²) >= 11 is 2.98. The van der Waals surface area contributed by atoms with E-state index in [9.17, 15) is 19.2 Å². The van der Waals surface area contributed by atoms with Crippen LogP contribution in [0.25, 0.3) is 54.6 Å². The van der Waals surface area contributed by atoms with Gasteiger partial charge in [-0.05, 0) is 110 Å². The summed E-state index contributed by atoms with van der Waals surface area (Å²) in [5.74, 6) is 0.328. The highest BCUT2D eigenvalue weighted by Gasteiger charge is 2.41. The molecule has 0 fully saturated rings. The monoisotopic (exact) mass is 766 g/mol. The van der Waals surface area contributed by atoms with Crippen molar-refractivity contribution in [3.05, 3.63) is 151 Å². The molecule has 270 valence electrons. The minimum absolute atomic E-state index is 0.155. The molecule has 7 aromatic rings. The zero-order valence-electron chi connectivity index (χ0n) is 30.7. The van der Waals surface area contributed by atoms with Crippen LogP contribution < -0.4 is 9.47 Å². The highest BCUT2D eigenvalue weighted by Crippen LogP contribution is 2.56. The first-order valence-corrected chi connectivity index (χ1v) is 20.0. The molecule has 0 amide bonds. The van der Waals surface area contributed by atoms with Crippen molar-refractivity contribution >= 4 is 79.5 Å². The van der Waals surface area contributed by atoms with Crippen molar-refractivity contribution in [3.63, 3.8) is 0 Å². The molecule has 0 spiro atoms. The van der Waals surface area contributed by atoms with Crippen LogP contribution in [-0.2, 0) is 11.2 Å². The van der Waals surface area contributed by atoms with Crippen molar-refractivity contribution in [2.45, 2.75) is 38.9 Å². The molecule has 0 bridgehead atoms. The molecule has 0 unspecified atom stereocenters. The van der Waals surface area contributed by atoms with E-state index in [1.54, 1.807) is 12.2 Å². The first kappa shape index (κ1) is 33.1. The molecular weight excluding hydrogens is 737 g/mol. The summed E-state index contributed by atoms with van der Waals surface area (Å²) < 4.78 is 13.3. The molecule has 4 aliphatic rings. The van der Waals surface area contributed by atoms with Crippen LogP contribution in [0.3, 0.4) is 0 Å². The fourth-order valence-corrected chi connectivity index (χ4v) is 10.8. The molecule has 2 aromatic heterocycles. The lowest BCUT2D eigenvalue weighted by Gasteiger charge is -2.38. The zero-order valence-corrected chi connectivity index (χ0v) is 32.3. The largest absolute Gasteiger partial charge is 0.482 e. The molecule has 0 saturated heterocycles. The quantitative estimate of drug-likeness (QED) is 0.129. The van der Waals surface area contributed by atoms with Gasteiger partial charge in [-0.25, -0.2) is 0 Å². The fourth-order valence-electron chi connectivity index (χ4n) is 8.65. The lowest BCUT2D eigenvalue weighted by molar-refractivity contribution is 0.0975. The smallest absolute Gasteiger partial charge is 0.197 e. The summed E-state index contributed by atoms with van der Waals surface area (Å²) in [6.45, 7) is 8.15. The summed E-state index contributed by atoms with van der Waals surface area (Å²) in [4.78, 5) is 57.7. The number of carbonyl (C=O) groups is 4. The van der Waals surface area contributed by atoms with Crippen LogP contribution in [0.2, 0.25) is 0 Å². The van der Waals surface area contributed by atoms with Gasteiger partial charge in [-0.15, -0.1) is 22.7 Å². The Morgan fingerprint density at radius 1 is 0.446 bits per heavy atom. The van der Waals surface area contributed by atoms with E-state index in [-0.39, 0.29) is 34.3 Å². The summed E-state index contributed by atoms with van der Waals surface area (Å²) in [5.41, 5.74) is 4.65. The maximum Gasteiger partial charge on any atom is 0.197 e. The summed E-state index contributed by atoms with van der Waals surface area (Å²) in [6, 6.07) is 30.9. The second kappa shape index (κ2) is 11.2. The normalized spacial score (nSPS) is 16.9. The molecule has 0 atom stereocenters. The molecule has 11 rings (SSSR count). The van der Waals surface area contributed by atoms with Crippen molar-refractivity contribution in [2.75, 3.05) is 0 Å². The van der Waals surface area contributed by atoms with Crippen molar-refractivity contribution < 1.29 is 28.7 Å². The first-order valence-electron chi connectivity index (χ1n) is 18.4. The van der Waals surface area contributed by atoms with Crippen LogP contribution in [0.1, 0.15) is 90.0 Å². The van der Waals surface area contributed by atoms with Crippen molar-refractivity contribution in [1.82, 2.24) is 0 Å². The number of rotatable bonds is 2. The number of fused-ring (bicyclic) bond motifs is 10. The number of carbonyl (C=O) groups excluding carboxylic acids is 4. The highest BCUT2D eigenvalue weighted by atomic mass is 32.1. The van der Waals surface area contributed by atoms with Crippen LogP contribution >= 0.6 is 22.7 Å². The molecule has 6 nitrogen and oxygen atoms in total. The Hall–Kier alpha value is -6.22. The van der Waals surface area contributed by atoms with Gasteiger partial charge in [-0.1, -0.05) is 48.5 Å². The van der Waals surface area contributed by atoms with E-state index in [0.29, 0.717) is 33.8 Å². The number of ketones is 4. The topological polar surface area (TPSA) is 86.7 Å². The average Bonchev–Trinajstić information content (AvgIpc) is 3.89. The lowest BCUT2D eigenvalue weighted by atomic mass is 9.81. The van der Waals surface area contributed by atoms with E-state index in [0.717, 1.165) is 63.3 Å². The molecule has 56 heavy (non-hydrogen) atoms. The van der Waals surface area contributed by atoms with E-state index >= 15 is 0 Å². The molecule has 0 N–H and O–H groups in total. The summed E-state index contributed by atoms with van der Waals surface area (Å²) in [5, 5.41) is 3.68. The minimum Gasteiger partial charge on any atom is -0.482 e. The van der Waals surface area contributed by atoms with E-state index in [1.165, 1.54) is 22.7 Å². The van der Waals surface area contributed by atoms with Crippen LogP contribution in [0.5, 0.6) is 11.5 Å². The van der Waals surface area contributed by atoms with Crippen LogP contribution in [0.15, 0.2) is 108 Å². The predicted molar refractivity (Wildman–Crippen MR) is 222 cm³/mol. The van der Waals surface area contributed by atoms with Gasteiger partial charge in [0, 0.05) is 54.3 Å². The SMILES string of the molecule is CC1(C)Oc2cc(C=C3C(=O)c4cc5ccccc5cc4C3=O)sc2-c2cc3c(cc21)-c1sc(C=C2C(=O)c4cc5ccccc5cc4C2=O)cc1OC3(C)C. The van der Waals surface area contributed by atoms with E-state index in [1.807, 2.05) is 113 Å². The van der Waals surface area contributed by atoms with E-state index in [4.69, 9.17) is 9.47 Å². The Labute approximate surface area is 329 Å². The third kappa shape index (κ3) is 4.66. The van der Waals surface area contributed by atoms with Crippen LogP contribution in [0.4, 0.5) is 0 Å². The van der Waals surface area contributed by atoms with Gasteiger partial charge in [0.15, 0.2) is 23.1 Å². The molecule has 0 saturated carbocycles. The second-order valence-corrected chi connectivity index (χ2v) is 17.9. The van der Waals surface area contributed by atoms with E-state index < -0.39 is 11.2 Å². The summed E-state index contributed by atoms with van der Waals surface area (Å²) in [7, 11) is 0. The number of allylic oxidation sites excluding steroid dienone is 2. The molecule has 2 aliphatic heterocycles. The van der Waals surface area contributed by atoms with Gasteiger partial charge in [0.05, 0.1) is 20.9 Å². The Morgan fingerprint density at radius 2 is 0.768 bits per heavy atom. The van der Waals surface area contributed by atoms with Gasteiger partial charge in [0.25, 0.3) is 0 Å². The number of benzene rings is 5. The minimum atomic E-state index is -0.707. The summed E-state index contributed by atoms with van der Waals surface area (Å²) in [6.07, 6.45) is 3.41. The van der Waals surface area contributed by atoms with E-state index in [2.05, 4.69) is 12.1 Å². The van der Waals surface area contributed by atoms with Gasteiger partial charge in [-0.3, -0.25) is 19.2 Å². The molecule has 8 heteroatoms. The van der Waals surface area contributed by atoms with Gasteiger partial charge in [0.2, 0.25) is 0 Å². The van der Waals surface area contributed by atoms with Gasteiger partial charge in [0.1, 0.15) is 22.7 Å². The third-order valence-electron chi connectivity index (χ3n) is 11.4. The highest BCUT2D eigenvalue weighted by molar-refractivity contribution is 7.17. The van der Waals surface area contributed by atoms with Crippen LogP contribution in [-0.4, -0.2) is 23.1 Å². The zero-order chi connectivity index (χ0) is 38.4. The number of hydrogen-bond donors (Lipinski definition) is 0. The third-order valence-corrected chi connectivity index (χ3v) is 13.6. The Morgan fingerprint density at radius 3 is 1.09 bits per heavy atom. The number of thiophene rings is 2. The molecule has 5 aromatic carbocycles. The Bertz CT molecular complexity index is 2790. The standard InChI is InChI=1S/C48H30O6S2/c1-47(2)37-21-34-38(22-33(37)45-39(53-47)19-27(55-45)17-35-41(49)29-13-23-9-5-6-10-24(23)14-30(29)42(35)50)48(3,4)54-40-20-28(56-46(34)40)18-36-43(51)31-15-25-11-7-8-12-26(25)16-32(31)44(36)52/h5-22H,1-4H3.